The molecule has 1 aromatic rings. The van der Waals surface area contributed by atoms with E-state index in [1.165, 1.54) is 12.1 Å². The monoisotopic (exact) mass is 250 g/mol. The quantitative estimate of drug-likeness (QED) is 0.713. The van der Waals surface area contributed by atoms with Crippen molar-refractivity contribution in [1.29, 1.82) is 0 Å². The van der Waals surface area contributed by atoms with Gasteiger partial charge < -0.3 is 9.31 Å². The molecule has 0 unspecified atom stereocenters. The maximum Gasteiger partial charge on any atom is 0.495 e. The number of rotatable bonds is 1. The molecular weight excluding hydrogens is 230 g/mol. The van der Waals surface area contributed by atoms with Crippen LogP contribution in [0.25, 0.3) is 0 Å². The molecule has 0 atom stereocenters. The first-order valence-corrected chi connectivity index (χ1v) is 6.26. The van der Waals surface area contributed by atoms with Crippen LogP contribution in [0.1, 0.15) is 38.8 Å². The zero-order chi connectivity index (χ0) is 13.7. The van der Waals surface area contributed by atoms with Crippen LogP contribution in [0.15, 0.2) is 12.1 Å². The Morgan fingerprint density at radius 1 is 0.944 bits per heavy atom. The van der Waals surface area contributed by atoms with Gasteiger partial charge in [-0.2, -0.15) is 0 Å². The second kappa shape index (κ2) is 4.07. The third-order valence-electron chi connectivity index (χ3n) is 4.05. The molecule has 0 saturated carbocycles. The largest absolute Gasteiger partial charge is 0.495 e. The van der Waals surface area contributed by atoms with E-state index in [1.807, 2.05) is 41.5 Å². The van der Waals surface area contributed by atoms with Crippen LogP contribution in [0.3, 0.4) is 0 Å². The molecule has 98 valence electrons. The summed E-state index contributed by atoms with van der Waals surface area (Å²) in [7, 11) is -0.421. The van der Waals surface area contributed by atoms with Crippen molar-refractivity contribution < 1.29 is 13.7 Å². The van der Waals surface area contributed by atoms with Crippen molar-refractivity contribution in [3.63, 3.8) is 0 Å². The number of aryl methyl sites for hydroxylation is 2. The maximum atomic E-state index is 13.3. The Bertz CT molecular complexity index is 444. The summed E-state index contributed by atoms with van der Waals surface area (Å²) in [5.74, 6) is -0.217. The molecule has 0 aliphatic carbocycles. The van der Waals surface area contributed by atoms with E-state index in [9.17, 15) is 4.39 Å². The molecule has 0 radical (unpaired) electrons. The van der Waals surface area contributed by atoms with Crippen LogP contribution in [-0.4, -0.2) is 18.3 Å². The lowest BCUT2D eigenvalue weighted by molar-refractivity contribution is 0.00578. The number of halogens is 1. The zero-order valence-corrected chi connectivity index (χ0v) is 11.9. The van der Waals surface area contributed by atoms with Gasteiger partial charge in [0, 0.05) is 0 Å². The standard InChI is InChI=1S/C14H20BFO2/c1-9-7-11(16)8-10(2)12(9)15-17-13(3,4)14(5,6)18-15/h7-8H,1-6H3. The van der Waals surface area contributed by atoms with Crippen LogP contribution < -0.4 is 5.46 Å². The molecule has 1 aromatic carbocycles. The number of hydrogen-bond acceptors (Lipinski definition) is 2. The SMILES string of the molecule is Cc1cc(F)cc(C)c1B1OC(C)(C)C(C)(C)O1. The topological polar surface area (TPSA) is 18.5 Å². The van der Waals surface area contributed by atoms with Crippen LogP contribution in [0.2, 0.25) is 0 Å². The molecule has 1 fully saturated rings. The number of hydrogen-bond donors (Lipinski definition) is 0. The van der Waals surface area contributed by atoms with Gasteiger partial charge in [-0.3, -0.25) is 0 Å². The Morgan fingerprint density at radius 3 is 1.72 bits per heavy atom. The minimum atomic E-state index is -0.421. The minimum Gasteiger partial charge on any atom is -0.399 e. The molecule has 0 amide bonds. The van der Waals surface area contributed by atoms with Crippen molar-refractivity contribution in [1.82, 2.24) is 0 Å². The highest BCUT2D eigenvalue weighted by atomic mass is 19.1. The second-order valence-corrected chi connectivity index (χ2v) is 6.04. The van der Waals surface area contributed by atoms with Gasteiger partial charge in [0.05, 0.1) is 11.2 Å². The van der Waals surface area contributed by atoms with E-state index >= 15 is 0 Å². The molecule has 4 heteroatoms. The summed E-state index contributed by atoms with van der Waals surface area (Å²) in [4.78, 5) is 0. The molecule has 0 aromatic heterocycles. The molecule has 2 nitrogen and oxygen atoms in total. The van der Waals surface area contributed by atoms with E-state index < -0.39 is 7.12 Å². The second-order valence-electron chi connectivity index (χ2n) is 6.04. The highest BCUT2D eigenvalue weighted by Crippen LogP contribution is 2.36. The summed E-state index contributed by atoms with van der Waals surface area (Å²) >= 11 is 0. The van der Waals surface area contributed by atoms with E-state index in [4.69, 9.17) is 9.31 Å². The van der Waals surface area contributed by atoms with Gasteiger partial charge in [0.25, 0.3) is 0 Å². The van der Waals surface area contributed by atoms with E-state index in [2.05, 4.69) is 0 Å². The van der Waals surface area contributed by atoms with Crippen LogP contribution in [0.4, 0.5) is 4.39 Å². The van der Waals surface area contributed by atoms with Crippen LogP contribution in [-0.2, 0) is 9.31 Å². The number of benzene rings is 1. The summed E-state index contributed by atoms with van der Waals surface area (Å²) in [6.45, 7) is 11.8. The third kappa shape index (κ3) is 2.08. The third-order valence-corrected chi connectivity index (χ3v) is 4.05. The van der Waals surface area contributed by atoms with Gasteiger partial charge in [-0.1, -0.05) is 0 Å². The Balaban J connectivity index is 2.42. The van der Waals surface area contributed by atoms with Gasteiger partial charge in [0.1, 0.15) is 5.82 Å². The lowest BCUT2D eigenvalue weighted by atomic mass is 9.73. The maximum absolute atomic E-state index is 13.3. The van der Waals surface area contributed by atoms with Crippen molar-refractivity contribution in [3.8, 4) is 0 Å². The smallest absolute Gasteiger partial charge is 0.399 e. The fraction of sp³-hybridized carbons (Fsp3) is 0.571. The molecule has 1 aliphatic rings. The fourth-order valence-electron chi connectivity index (χ4n) is 2.25. The zero-order valence-electron chi connectivity index (χ0n) is 11.9. The Kier molecular flexibility index (Phi) is 3.07. The lowest BCUT2D eigenvalue weighted by Crippen LogP contribution is -2.41. The molecule has 0 bridgehead atoms. The minimum absolute atomic E-state index is 0.217. The summed E-state index contributed by atoms with van der Waals surface area (Å²) < 4.78 is 25.3. The van der Waals surface area contributed by atoms with E-state index in [0.717, 1.165) is 16.6 Å². The first-order valence-electron chi connectivity index (χ1n) is 6.26. The van der Waals surface area contributed by atoms with E-state index in [0.29, 0.717) is 0 Å². The molecule has 1 saturated heterocycles. The average Bonchev–Trinajstić information content (AvgIpc) is 2.32. The van der Waals surface area contributed by atoms with Crippen molar-refractivity contribution >= 4 is 12.6 Å². The molecule has 18 heavy (non-hydrogen) atoms. The normalized spacial score (nSPS) is 21.4. The highest BCUT2D eigenvalue weighted by Gasteiger charge is 2.52. The summed E-state index contributed by atoms with van der Waals surface area (Å²) in [5.41, 5.74) is 1.93. The van der Waals surface area contributed by atoms with E-state index in [-0.39, 0.29) is 17.0 Å². The molecule has 1 heterocycles. The van der Waals surface area contributed by atoms with Crippen LogP contribution >= 0.6 is 0 Å². The van der Waals surface area contributed by atoms with Gasteiger partial charge in [0.2, 0.25) is 0 Å². The van der Waals surface area contributed by atoms with Crippen LogP contribution in [0.5, 0.6) is 0 Å². The van der Waals surface area contributed by atoms with Crippen molar-refractivity contribution in [3.05, 3.63) is 29.1 Å². The van der Waals surface area contributed by atoms with Gasteiger partial charge in [-0.15, -0.1) is 0 Å². The first kappa shape index (κ1) is 13.6. The fourth-order valence-corrected chi connectivity index (χ4v) is 2.25. The molecule has 0 spiro atoms. The predicted octanol–water partition coefficient (Wildman–Crippen LogP) is 2.74. The lowest BCUT2D eigenvalue weighted by Gasteiger charge is -2.32. The molecule has 2 rings (SSSR count). The van der Waals surface area contributed by atoms with Crippen molar-refractivity contribution in [2.45, 2.75) is 52.7 Å². The Labute approximate surface area is 109 Å². The van der Waals surface area contributed by atoms with Crippen molar-refractivity contribution in [2.75, 3.05) is 0 Å². The predicted molar refractivity (Wildman–Crippen MR) is 71.6 cm³/mol. The van der Waals surface area contributed by atoms with Gasteiger partial charge >= 0.3 is 7.12 Å². The molecular formula is C14H20BFO2. The Morgan fingerprint density at radius 2 is 1.33 bits per heavy atom. The summed E-state index contributed by atoms with van der Waals surface area (Å²) in [6.07, 6.45) is 0. The molecule has 0 N–H and O–H groups in total. The average molecular weight is 250 g/mol. The van der Waals surface area contributed by atoms with Gasteiger partial charge in [0.15, 0.2) is 0 Å². The molecule has 1 aliphatic heterocycles. The van der Waals surface area contributed by atoms with Crippen molar-refractivity contribution in [2.24, 2.45) is 0 Å². The Hall–Kier alpha value is -0.865. The first-order chi connectivity index (χ1) is 8.14. The van der Waals surface area contributed by atoms with E-state index in [1.54, 1.807) is 0 Å². The van der Waals surface area contributed by atoms with Gasteiger partial charge in [-0.05, 0) is 70.3 Å². The summed E-state index contributed by atoms with van der Waals surface area (Å²) in [5, 5.41) is 0. The highest BCUT2D eigenvalue weighted by molar-refractivity contribution is 6.63. The van der Waals surface area contributed by atoms with Gasteiger partial charge in [-0.25, -0.2) is 4.39 Å². The summed E-state index contributed by atoms with van der Waals surface area (Å²) in [6, 6.07) is 3.04. The van der Waals surface area contributed by atoms with Crippen LogP contribution in [0, 0.1) is 19.7 Å².